The minimum atomic E-state index is 0.279. The summed E-state index contributed by atoms with van der Waals surface area (Å²) in [5, 5.41) is 8.80. The molecule has 1 heteroatoms. The Morgan fingerprint density at radius 1 is 1.18 bits per heavy atom. The van der Waals surface area contributed by atoms with Gasteiger partial charge in [0.2, 0.25) is 0 Å². The van der Waals surface area contributed by atoms with Gasteiger partial charge in [0.25, 0.3) is 0 Å². The molecule has 1 nitrogen and oxygen atoms in total. The minimum absolute atomic E-state index is 0.279. The maximum Gasteiger partial charge on any atom is 0.0662 e. The van der Waals surface area contributed by atoms with Gasteiger partial charge in [-0.05, 0) is 24.7 Å². The van der Waals surface area contributed by atoms with Crippen LogP contribution < -0.4 is 0 Å². The van der Waals surface area contributed by atoms with Crippen molar-refractivity contribution in [3.8, 4) is 6.07 Å². The fourth-order valence-electron chi connectivity index (χ4n) is 2.06. The minimum Gasteiger partial charge on any atom is -0.198 e. The first kappa shape index (κ1) is 6.67. The highest BCUT2D eigenvalue weighted by Crippen LogP contribution is 2.38. The zero-order valence-electron chi connectivity index (χ0n) is 6.40. The van der Waals surface area contributed by atoms with Crippen molar-refractivity contribution in [2.24, 2.45) is 17.8 Å². The van der Waals surface area contributed by atoms with Crippen molar-refractivity contribution in [2.75, 3.05) is 0 Å². The molecule has 2 aliphatic carbocycles. The molecule has 2 bridgehead atoms. The van der Waals surface area contributed by atoms with Gasteiger partial charge in [-0.2, -0.15) is 5.26 Å². The van der Waals surface area contributed by atoms with Gasteiger partial charge in [0.05, 0.1) is 12.0 Å². The zero-order chi connectivity index (χ0) is 7.68. The second-order valence-corrected chi connectivity index (χ2v) is 3.40. The SMILES string of the molecule is N#CC1C[C@H]2C=CC=C[C@@H]1C2. The Bertz CT molecular complexity index is 244. The Labute approximate surface area is 67.0 Å². The van der Waals surface area contributed by atoms with Gasteiger partial charge in [0, 0.05) is 0 Å². The van der Waals surface area contributed by atoms with Crippen LogP contribution in [0.5, 0.6) is 0 Å². The number of rotatable bonds is 0. The first-order chi connectivity index (χ1) is 5.40. The molecule has 0 amide bonds. The third kappa shape index (κ3) is 1.09. The van der Waals surface area contributed by atoms with E-state index >= 15 is 0 Å². The van der Waals surface area contributed by atoms with Gasteiger partial charge in [0.1, 0.15) is 0 Å². The molecule has 1 unspecified atom stereocenters. The average Bonchev–Trinajstić information content (AvgIpc) is 2.22. The molecule has 0 N–H and O–H groups in total. The number of fused-ring (bicyclic) bond motifs is 2. The van der Waals surface area contributed by atoms with Crippen LogP contribution in [0.1, 0.15) is 12.8 Å². The number of nitriles is 1. The predicted octanol–water partition coefficient (Wildman–Crippen LogP) is 2.28. The van der Waals surface area contributed by atoms with Gasteiger partial charge in [-0.3, -0.25) is 0 Å². The Hall–Kier alpha value is -1.03. The topological polar surface area (TPSA) is 23.8 Å². The normalized spacial score (nSPS) is 40.1. The summed E-state index contributed by atoms with van der Waals surface area (Å²) in [5.41, 5.74) is 0. The van der Waals surface area contributed by atoms with E-state index in [1.807, 2.05) is 0 Å². The van der Waals surface area contributed by atoms with Crippen LogP contribution >= 0.6 is 0 Å². The second kappa shape index (κ2) is 2.54. The maximum atomic E-state index is 8.80. The molecule has 0 heterocycles. The number of nitrogens with zero attached hydrogens (tertiary/aromatic N) is 1. The van der Waals surface area contributed by atoms with E-state index in [0.717, 1.165) is 6.42 Å². The van der Waals surface area contributed by atoms with Crippen molar-refractivity contribution in [1.82, 2.24) is 0 Å². The number of allylic oxidation sites excluding steroid dienone is 4. The molecular formula is C10H11N. The third-order valence-electron chi connectivity index (χ3n) is 2.67. The van der Waals surface area contributed by atoms with Crippen LogP contribution in [0.3, 0.4) is 0 Å². The highest BCUT2D eigenvalue weighted by Gasteiger charge is 2.31. The van der Waals surface area contributed by atoms with Crippen molar-refractivity contribution in [2.45, 2.75) is 12.8 Å². The van der Waals surface area contributed by atoms with Gasteiger partial charge < -0.3 is 0 Å². The molecule has 0 aromatic heterocycles. The van der Waals surface area contributed by atoms with E-state index in [-0.39, 0.29) is 5.92 Å². The lowest BCUT2D eigenvalue weighted by Crippen LogP contribution is -2.01. The van der Waals surface area contributed by atoms with E-state index < -0.39 is 0 Å². The lowest BCUT2D eigenvalue weighted by Gasteiger charge is -2.05. The molecule has 0 saturated heterocycles. The lowest BCUT2D eigenvalue weighted by molar-refractivity contribution is 0.570. The van der Waals surface area contributed by atoms with E-state index in [1.165, 1.54) is 6.42 Å². The van der Waals surface area contributed by atoms with Crippen molar-refractivity contribution in [1.29, 1.82) is 5.26 Å². The Kier molecular flexibility index (Phi) is 1.54. The summed E-state index contributed by atoms with van der Waals surface area (Å²) in [6.07, 6.45) is 10.9. The van der Waals surface area contributed by atoms with Gasteiger partial charge >= 0.3 is 0 Å². The summed E-state index contributed by atoms with van der Waals surface area (Å²) in [4.78, 5) is 0. The van der Waals surface area contributed by atoms with Crippen LogP contribution in [0.25, 0.3) is 0 Å². The lowest BCUT2D eigenvalue weighted by atomic mass is 9.97. The number of hydrogen-bond acceptors (Lipinski definition) is 1. The summed E-state index contributed by atoms with van der Waals surface area (Å²) >= 11 is 0. The molecule has 1 saturated carbocycles. The third-order valence-corrected chi connectivity index (χ3v) is 2.67. The molecule has 0 radical (unpaired) electrons. The Morgan fingerprint density at radius 3 is 2.82 bits per heavy atom. The molecule has 0 aliphatic heterocycles. The van der Waals surface area contributed by atoms with Crippen molar-refractivity contribution < 1.29 is 0 Å². The summed E-state index contributed by atoms with van der Waals surface area (Å²) < 4.78 is 0. The summed E-state index contributed by atoms with van der Waals surface area (Å²) in [6, 6.07) is 2.38. The fraction of sp³-hybridized carbons (Fsp3) is 0.500. The van der Waals surface area contributed by atoms with Crippen LogP contribution in [-0.4, -0.2) is 0 Å². The second-order valence-electron chi connectivity index (χ2n) is 3.40. The van der Waals surface area contributed by atoms with Crippen LogP contribution in [0.2, 0.25) is 0 Å². The van der Waals surface area contributed by atoms with E-state index in [9.17, 15) is 0 Å². The van der Waals surface area contributed by atoms with E-state index in [1.54, 1.807) is 0 Å². The van der Waals surface area contributed by atoms with Crippen LogP contribution in [0.4, 0.5) is 0 Å². The van der Waals surface area contributed by atoms with Crippen molar-refractivity contribution in [3.05, 3.63) is 24.3 Å². The first-order valence-electron chi connectivity index (χ1n) is 4.15. The molecule has 11 heavy (non-hydrogen) atoms. The fourth-order valence-corrected chi connectivity index (χ4v) is 2.06. The van der Waals surface area contributed by atoms with E-state index in [2.05, 4.69) is 30.4 Å². The van der Waals surface area contributed by atoms with Crippen LogP contribution in [0.15, 0.2) is 24.3 Å². The van der Waals surface area contributed by atoms with Gasteiger partial charge in [-0.25, -0.2) is 0 Å². The molecule has 56 valence electrons. The molecule has 1 fully saturated rings. The standard InChI is InChI=1S/C10H11N/c11-7-10-6-8-3-1-2-4-9(10)5-8/h1-4,8-10H,5-6H2/t8-,9+,10?/m0/s1. The number of hydrogen-bond donors (Lipinski definition) is 0. The average molecular weight is 145 g/mol. The highest BCUT2D eigenvalue weighted by molar-refractivity contribution is 5.17. The monoisotopic (exact) mass is 145 g/mol. The largest absolute Gasteiger partial charge is 0.198 e. The van der Waals surface area contributed by atoms with Crippen molar-refractivity contribution in [3.63, 3.8) is 0 Å². The smallest absolute Gasteiger partial charge is 0.0662 e. The molecule has 0 aromatic carbocycles. The molecule has 0 spiro atoms. The molecular weight excluding hydrogens is 134 g/mol. The van der Waals surface area contributed by atoms with Crippen LogP contribution in [-0.2, 0) is 0 Å². The predicted molar refractivity (Wildman–Crippen MR) is 43.6 cm³/mol. The summed E-state index contributed by atoms with van der Waals surface area (Å²) in [7, 11) is 0. The first-order valence-corrected chi connectivity index (χ1v) is 4.15. The molecule has 3 atom stereocenters. The van der Waals surface area contributed by atoms with Gasteiger partial charge in [0.15, 0.2) is 0 Å². The maximum absolute atomic E-state index is 8.80. The van der Waals surface area contributed by atoms with Gasteiger partial charge in [-0.15, -0.1) is 0 Å². The molecule has 2 aliphatic rings. The Morgan fingerprint density at radius 2 is 2.00 bits per heavy atom. The summed E-state index contributed by atoms with van der Waals surface area (Å²) in [5.74, 6) is 1.47. The Balaban J connectivity index is 2.22. The van der Waals surface area contributed by atoms with Crippen molar-refractivity contribution >= 4 is 0 Å². The van der Waals surface area contributed by atoms with E-state index in [4.69, 9.17) is 5.26 Å². The van der Waals surface area contributed by atoms with E-state index in [0.29, 0.717) is 11.8 Å². The molecule has 2 rings (SSSR count). The quantitative estimate of drug-likeness (QED) is 0.513. The molecule has 0 aromatic rings. The van der Waals surface area contributed by atoms with Crippen LogP contribution in [0, 0.1) is 29.1 Å². The summed E-state index contributed by atoms with van der Waals surface area (Å²) in [6.45, 7) is 0. The zero-order valence-corrected chi connectivity index (χ0v) is 6.40. The van der Waals surface area contributed by atoms with Gasteiger partial charge in [-0.1, -0.05) is 24.3 Å². The highest BCUT2D eigenvalue weighted by atomic mass is 14.4.